The molecule has 1 heterocycles. The average molecular weight is 323 g/mol. The van der Waals surface area contributed by atoms with Gasteiger partial charge in [-0.05, 0) is 34.7 Å². The van der Waals surface area contributed by atoms with E-state index in [1.54, 1.807) is 22.6 Å². The van der Waals surface area contributed by atoms with Crippen molar-refractivity contribution in [1.82, 2.24) is 4.98 Å². The smallest absolute Gasteiger partial charge is 0.352 e. The summed E-state index contributed by atoms with van der Waals surface area (Å²) < 4.78 is 26.6. The molecule has 0 fully saturated rings. The average Bonchev–Trinajstić information content (AvgIpc) is 2.58. The molecule has 78 valence electrons. The lowest BCUT2D eigenvalue weighted by molar-refractivity contribution is 0.0691. The van der Waals surface area contributed by atoms with Crippen molar-refractivity contribution in [3.8, 4) is 0 Å². The minimum absolute atomic E-state index is 0.119. The predicted molar refractivity (Wildman–Crippen MR) is 57.9 cm³/mol. The van der Waals surface area contributed by atoms with Crippen LogP contribution in [0.4, 0.5) is 8.78 Å². The van der Waals surface area contributed by atoms with Crippen LogP contribution in [0.2, 0.25) is 0 Å². The van der Waals surface area contributed by atoms with Crippen molar-refractivity contribution in [2.45, 2.75) is 0 Å². The summed E-state index contributed by atoms with van der Waals surface area (Å²) in [4.78, 5) is 12.9. The minimum atomic E-state index is -1.21. The number of aromatic nitrogens is 1. The van der Waals surface area contributed by atoms with Gasteiger partial charge in [0.2, 0.25) is 0 Å². The quantitative estimate of drug-likeness (QED) is 0.626. The molecule has 0 saturated heterocycles. The Morgan fingerprint density at radius 2 is 2.00 bits per heavy atom. The number of aromatic amines is 1. The number of rotatable bonds is 1. The van der Waals surface area contributed by atoms with Gasteiger partial charge >= 0.3 is 5.97 Å². The number of hydrogen-bond donors (Lipinski definition) is 2. The lowest BCUT2D eigenvalue weighted by Crippen LogP contribution is -1.95. The van der Waals surface area contributed by atoms with Crippen LogP contribution in [-0.2, 0) is 0 Å². The Hall–Kier alpha value is -1.18. The molecule has 6 heteroatoms. The first-order valence-electron chi connectivity index (χ1n) is 3.90. The van der Waals surface area contributed by atoms with Crippen molar-refractivity contribution in [2.24, 2.45) is 0 Å². The Kier molecular flexibility index (Phi) is 2.37. The van der Waals surface area contributed by atoms with Crippen molar-refractivity contribution >= 4 is 39.5 Å². The summed E-state index contributed by atoms with van der Waals surface area (Å²) in [7, 11) is 0. The SMILES string of the molecule is O=C(O)c1cc2cc(I)c(F)c(F)c2[nH]1. The van der Waals surface area contributed by atoms with E-state index in [0.717, 1.165) is 0 Å². The molecule has 3 nitrogen and oxygen atoms in total. The van der Waals surface area contributed by atoms with Gasteiger partial charge in [0.05, 0.1) is 9.09 Å². The second kappa shape index (κ2) is 3.44. The zero-order valence-corrected chi connectivity index (χ0v) is 9.30. The summed E-state index contributed by atoms with van der Waals surface area (Å²) >= 11 is 1.65. The van der Waals surface area contributed by atoms with Gasteiger partial charge in [0.25, 0.3) is 0 Å². The first-order chi connectivity index (χ1) is 7.00. The van der Waals surface area contributed by atoms with Crippen LogP contribution < -0.4 is 0 Å². The van der Waals surface area contributed by atoms with Gasteiger partial charge in [-0.25, -0.2) is 13.6 Å². The number of carboxylic acids is 1. The lowest BCUT2D eigenvalue weighted by Gasteiger charge is -1.97. The van der Waals surface area contributed by atoms with Gasteiger partial charge in [-0.3, -0.25) is 0 Å². The van der Waals surface area contributed by atoms with Crippen LogP contribution in [0.3, 0.4) is 0 Å². The third kappa shape index (κ3) is 1.58. The Labute approximate surface area is 96.2 Å². The molecule has 0 saturated carbocycles. The Balaban J connectivity index is 2.82. The number of fused-ring (bicyclic) bond motifs is 1. The Bertz CT molecular complexity index is 565. The van der Waals surface area contributed by atoms with E-state index < -0.39 is 17.6 Å². The highest BCUT2D eigenvalue weighted by Gasteiger charge is 2.16. The molecule has 0 atom stereocenters. The van der Waals surface area contributed by atoms with Crippen LogP contribution in [0.15, 0.2) is 12.1 Å². The van der Waals surface area contributed by atoms with Gasteiger partial charge in [0.15, 0.2) is 11.6 Å². The number of halogens is 3. The van der Waals surface area contributed by atoms with Crippen molar-refractivity contribution in [3.05, 3.63) is 33.0 Å². The minimum Gasteiger partial charge on any atom is -0.477 e. The highest BCUT2D eigenvalue weighted by atomic mass is 127. The molecule has 0 amide bonds. The molecule has 2 rings (SSSR count). The second-order valence-electron chi connectivity index (χ2n) is 2.94. The predicted octanol–water partition coefficient (Wildman–Crippen LogP) is 2.75. The summed E-state index contributed by atoms with van der Waals surface area (Å²) in [6, 6.07) is 2.65. The molecule has 0 spiro atoms. The number of aromatic carboxylic acids is 1. The largest absolute Gasteiger partial charge is 0.477 e. The maximum Gasteiger partial charge on any atom is 0.352 e. The third-order valence-electron chi connectivity index (χ3n) is 1.98. The fraction of sp³-hybridized carbons (Fsp3) is 0. The van der Waals surface area contributed by atoms with E-state index in [2.05, 4.69) is 4.98 Å². The van der Waals surface area contributed by atoms with Gasteiger partial charge < -0.3 is 10.1 Å². The van der Waals surface area contributed by atoms with Crippen molar-refractivity contribution in [2.75, 3.05) is 0 Å². The van der Waals surface area contributed by atoms with Gasteiger partial charge in [0.1, 0.15) is 5.69 Å². The summed E-state index contributed by atoms with van der Waals surface area (Å²) in [6.45, 7) is 0. The molecule has 2 N–H and O–H groups in total. The third-order valence-corrected chi connectivity index (χ3v) is 2.77. The molecule has 0 aliphatic heterocycles. The molecule has 1 aromatic heterocycles. The van der Waals surface area contributed by atoms with Crippen LogP contribution in [0.5, 0.6) is 0 Å². The summed E-state index contributed by atoms with van der Waals surface area (Å²) in [6.07, 6.45) is 0. The molecule has 0 aliphatic rings. The first-order valence-corrected chi connectivity index (χ1v) is 4.98. The summed E-state index contributed by atoms with van der Waals surface area (Å²) in [5.41, 5.74) is -0.282. The maximum absolute atomic E-state index is 13.3. The topological polar surface area (TPSA) is 53.1 Å². The fourth-order valence-electron chi connectivity index (χ4n) is 1.30. The van der Waals surface area contributed by atoms with Gasteiger partial charge in [-0.15, -0.1) is 0 Å². The lowest BCUT2D eigenvalue weighted by atomic mass is 10.2. The van der Waals surface area contributed by atoms with Crippen LogP contribution in [-0.4, -0.2) is 16.1 Å². The van der Waals surface area contributed by atoms with E-state index in [1.807, 2.05) is 0 Å². The van der Waals surface area contributed by atoms with E-state index >= 15 is 0 Å². The molecule has 2 aromatic rings. The number of nitrogens with one attached hydrogen (secondary N) is 1. The van der Waals surface area contributed by atoms with E-state index in [9.17, 15) is 13.6 Å². The van der Waals surface area contributed by atoms with E-state index in [-0.39, 0.29) is 14.8 Å². The van der Waals surface area contributed by atoms with Crippen molar-refractivity contribution < 1.29 is 18.7 Å². The van der Waals surface area contributed by atoms with Gasteiger partial charge in [-0.2, -0.15) is 0 Å². The summed E-state index contributed by atoms with van der Waals surface area (Å²) in [5.74, 6) is -3.23. The monoisotopic (exact) mass is 323 g/mol. The van der Waals surface area contributed by atoms with Crippen LogP contribution in [0.1, 0.15) is 10.5 Å². The first kappa shape index (κ1) is 10.3. The maximum atomic E-state index is 13.3. The zero-order valence-electron chi connectivity index (χ0n) is 7.14. The van der Waals surface area contributed by atoms with Gasteiger partial charge in [0, 0.05) is 5.39 Å². The summed E-state index contributed by atoms with van der Waals surface area (Å²) in [5, 5.41) is 9.01. The second-order valence-corrected chi connectivity index (χ2v) is 4.10. The molecular weight excluding hydrogens is 319 g/mol. The van der Waals surface area contributed by atoms with Crippen LogP contribution >= 0.6 is 22.6 Å². The van der Waals surface area contributed by atoms with Crippen molar-refractivity contribution in [1.29, 1.82) is 0 Å². The number of H-pyrrole nitrogens is 1. The van der Waals surface area contributed by atoms with Crippen LogP contribution in [0.25, 0.3) is 10.9 Å². The number of carboxylic acid groups (broad SMARTS) is 1. The molecule has 0 radical (unpaired) electrons. The molecule has 0 aliphatic carbocycles. The molecule has 15 heavy (non-hydrogen) atoms. The molecule has 1 aromatic carbocycles. The number of hydrogen-bond acceptors (Lipinski definition) is 1. The standard InChI is InChI=1S/C9H4F2INO2/c10-6-4(12)1-3-2-5(9(14)15)13-8(3)7(6)11/h1-2,13H,(H,14,15). The normalized spacial score (nSPS) is 10.9. The van der Waals surface area contributed by atoms with Crippen molar-refractivity contribution in [3.63, 3.8) is 0 Å². The molecule has 0 unspecified atom stereocenters. The van der Waals surface area contributed by atoms with E-state index in [4.69, 9.17) is 5.11 Å². The number of carbonyl (C=O) groups is 1. The Morgan fingerprint density at radius 3 is 2.60 bits per heavy atom. The highest BCUT2D eigenvalue weighted by Crippen LogP contribution is 2.25. The van der Waals surface area contributed by atoms with E-state index in [1.165, 1.54) is 12.1 Å². The van der Waals surface area contributed by atoms with E-state index in [0.29, 0.717) is 5.39 Å². The fourth-order valence-corrected chi connectivity index (χ4v) is 1.87. The van der Waals surface area contributed by atoms with Crippen LogP contribution in [0, 0.1) is 15.2 Å². The zero-order chi connectivity index (χ0) is 11.2. The molecule has 0 bridgehead atoms. The van der Waals surface area contributed by atoms with Gasteiger partial charge in [-0.1, -0.05) is 0 Å². The highest BCUT2D eigenvalue weighted by molar-refractivity contribution is 14.1. The number of benzene rings is 1. The molecular formula is C9H4F2INO2. The Morgan fingerprint density at radius 1 is 1.33 bits per heavy atom.